The minimum atomic E-state index is -3.66. The van der Waals surface area contributed by atoms with Gasteiger partial charge in [0.1, 0.15) is 0 Å². The van der Waals surface area contributed by atoms with Crippen LogP contribution in [-0.2, 0) is 10.0 Å². The molecule has 0 fully saturated rings. The summed E-state index contributed by atoms with van der Waals surface area (Å²) in [7, 11) is -3.66. The van der Waals surface area contributed by atoms with Crippen molar-refractivity contribution in [2.24, 2.45) is 10.2 Å². The fourth-order valence-corrected chi connectivity index (χ4v) is 2.04. The van der Waals surface area contributed by atoms with E-state index in [4.69, 9.17) is 5.14 Å². The maximum absolute atomic E-state index is 11.1. The zero-order chi connectivity index (χ0) is 14.6. The first-order valence-electron chi connectivity index (χ1n) is 5.80. The highest BCUT2D eigenvalue weighted by Crippen LogP contribution is 2.13. The Hall–Kier alpha value is -2.25. The Morgan fingerprint density at radius 2 is 1.75 bits per heavy atom. The molecular weight excluding hydrogens is 276 g/mol. The lowest BCUT2D eigenvalue weighted by atomic mass is 10.2. The highest BCUT2D eigenvalue weighted by atomic mass is 32.2. The summed E-state index contributed by atoms with van der Waals surface area (Å²) < 4.78 is 22.2. The molecule has 0 unspecified atom stereocenters. The van der Waals surface area contributed by atoms with Crippen LogP contribution in [0.15, 0.2) is 58.8 Å². The Bertz CT molecular complexity index is 710. The maximum Gasteiger partial charge on any atom is 0.238 e. The molecule has 104 valence electrons. The van der Waals surface area contributed by atoms with E-state index in [1.54, 1.807) is 24.5 Å². The van der Waals surface area contributed by atoms with Crippen LogP contribution in [0.5, 0.6) is 0 Å². The Morgan fingerprint density at radius 3 is 2.30 bits per heavy atom. The Balaban J connectivity index is 2.12. The van der Waals surface area contributed by atoms with Gasteiger partial charge in [0.05, 0.1) is 16.3 Å². The number of nitrogens with two attached hydrogens (primary N) is 1. The Morgan fingerprint density at radius 1 is 1.15 bits per heavy atom. The summed E-state index contributed by atoms with van der Waals surface area (Å²) in [6, 6.07) is 9.76. The van der Waals surface area contributed by atoms with E-state index in [0.717, 1.165) is 11.3 Å². The standard InChI is InChI=1S/C13H14N4O2S/c1-10(11-6-8-15-9-7-11)16-17-12-2-4-13(5-3-12)20(14,18)19/h2-9,17H,1H3,(H2,14,18,19)/b16-10-. The van der Waals surface area contributed by atoms with Gasteiger partial charge in [-0.15, -0.1) is 0 Å². The number of anilines is 1. The van der Waals surface area contributed by atoms with E-state index in [2.05, 4.69) is 15.5 Å². The van der Waals surface area contributed by atoms with Crippen molar-refractivity contribution in [3.63, 3.8) is 0 Å². The van der Waals surface area contributed by atoms with E-state index in [0.29, 0.717) is 5.69 Å². The molecule has 20 heavy (non-hydrogen) atoms. The number of benzene rings is 1. The molecule has 1 heterocycles. The van der Waals surface area contributed by atoms with Gasteiger partial charge in [0.15, 0.2) is 0 Å². The number of hydrazone groups is 1. The van der Waals surface area contributed by atoms with Crippen LogP contribution in [0.4, 0.5) is 5.69 Å². The fraction of sp³-hybridized carbons (Fsp3) is 0.0769. The summed E-state index contributed by atoms with van der Waals surface area (Å²) in [5, 5.41) is 9.24. The smallest absolute Gasteiger partial charge is 0.238 e. The molecule has 0 aliphatic heterocycles. The van der Waals surface area contributed by atoms with E-state index < -0.39 is 10.0 Å². The fourth-order valence-electron chi connectivity index (χ4n) is 1.53. The van der Waals surface area contributed by atoms with Crippen molar-refractivity contribution in [3.8, 4) is 0 Å². The number of pyridine rings is 1. The molecule has 0 aliphatic rings. The van der Waals surface area contributed by atoms with Crippen LogP contribution >= 0.6 is 0 Å². The molecule has 0 spiro atoms. The molecule has 0 saturated carbocycles. The second-order valence-electron chi connectivity index (χ2n) is 4.11. The summed E-state index contributed by atoms with van der Waals surface area (Å²) in [6.07, 6.45) is 3.38. The lowest BCUT2D eigenvalue weighted by molar-refractivity contribution is 0.598. The van der Waals surface area contributed by atoms with Gasteiger partial charge in [-0.3, -0.25) is 10.4 Å². The van der Waals surface area contributed by atoms with Crippen LogP contribution < -0.4 is 10.6 Å². The van der Waals surface area contributed by atoms with Crippen LogP contribution in [0.1, 0.15) is 12.5 Å². The molecule has 0 radical (unpaired) electrons. The molecule has 0 aliphatic carbocycles. The van der Waals surface area contributed by atoms with E-state index in [9.17, 15) is 8.42 Å². The van der Waals surface area contributed by atoms with Crippen LogP contribution in [0.25, 0.3) is 0 Å². The molecule has 1 aromatic heterocycles. The third kappa shape index (κ3) is 3.62. The summed E-state index contributed by atoms with van der Waals surface area (Å²) in [5.74, 6) is 0. The average molecular weight is 290 g/mol. The molecule has 1 aromatic carbocycles. The van der Waals surface area contributed by atoms with Crippen molar-refractivity contribution < 1.29 is 8.42 Å². The minimum Gasteiger partial charge on any atom is -0.278 e. The highest BCUT2D eigenvalue weighted by Gasteiger charge is 2.06. The van der Waals surface area contributed by atoms with Gasteiger partial charge in [-0.25, -0.2) is 13.6 Å². The van der Waals surface area contributed by atoms with Gasteiger partial charge in [-0.1, -0.05) is 0 Å². The van der Waals surface area contributed by atoms with Gasteiger partial charge in [0.25, 0.3) is 0 Å². The SMILES string of the molecule is C/C(=N/Nc1ccc(S(N)(=O)=O)cc1)c1ccncc1. The number of nitrogens with one attached hydrogen (secondary N) is 1. The number of nitrogens with zero attached hydrogens (tertiary/aromatic N) is 2. The predicted molar refractivity (Wildman–Crippen MR) is 77.9 cm³/mol. The van der Waals surface area contributed by atoms with E-state index in [1.165, 1.54) is 12.1 Å². The largest absolute Gasteiger partial charge is 0.278 e. The average Bonchev–Trinajstić information content (AvgIpc) is 2.45. The molecular formula is C13H14N4O2S. The van der Waals surface area contributed by atoms with Crippen LogP contribution in [0.3, 0.4) is 0 Å². The van der Waals surface area contributed by atoms with Crippen molar-refractivity contribution in [3.05, 3.63) is 54.4 Å². The van der Waals surface area contributed by atoms with Gasteiger partial charge >= 0.3 is 0 Å². The summed E-state index contributed by atoms with van der Waals surface area (Å²) in [6.45, 7) is 1.86. The van der Waals surface area contributed by atoms with Crippen LogP contribution in [-0.4, -0.2) is 19.1 Å². The summed E-state index contributed by atoms with van der Waals surface area (Å²) in [4.78, 5) is 4.00. The van der Waals surface area contributed by atoms with Crippen LogP contribution in [0.2, 0.25) is 0 Å². The Kier molecular flexibility index (Phi) is 4.11. The van der Waals surface area contributed by atoms with Gasteiger partial charge in [-0.2, -0.15) is 5.10 Å². The lowest BCUT2D eigenvalue weighted by Crippen LogP contribution is -2.11. The Labute approximate surface area is 117 Å². The first-order valence-corrected chi connectivity index (χ1v) is 7.35. The van der Waals surface area contributed by atoms with Gasteiger partial charge < -0.3 is 0 Å². The zero-order valence-electron chi connectivity index (χ0n) is 10.8. The quantitative estimate of drug-likeness (QED) is 0.659. The highest BCUT2D eigenvalue weighted by molar-refractivity contribution is 7.89. The molecule has 0 saturated heterocycles. The molecule has 3 N–H and O–H groups in total. The molecule has 2 rings (SSSR count). The van der Waals surface area contributed by atoms with E-state index in [1.807, 2.05) is 19.1 Å². The normalized spacial score (nSPS) is 12.2. The number of hydrogen-bond donors (Lipinski definition) is 2. The van der Waals surface area contributed by atoms with Gasteiger partial charge in [0.2, 0.25) is 10.0 Å². The van der Waals surface area contributed by atoms with E-state index in [-0.39, 0.29) is 4.90 Å². The van der Waals surface area contributed by atoms with Crippen molar-refractivity contribution >= 4 is 21.4 Å². The monoisotopic (exact) mass is 290 g/mol. The molecule has 0 amide bonds. The third-order valence-electron chi connectivity index (χ3n) is 2.63. The molecule has 6 nitrogen and oxygen atoms in total. The molecule has 7 heteroatoms. The third-order valence-corrected chi connectivity index (χ3v) is 3.56. The summed E-state index contributed by atoms with van der Waals surface area (Å²) >= 11 is 0. The minimum absolute atomic E-state index is 0.0675. The first kappa shape index (κ1) is 14.2. The number of hydrogen-bond acceptors (Lipinski definition) is 5. The number of aromatic nitrogens is 1. The lowest BCUT2D eigenvalue weighted by Gasteiger charge is -2.04. The zero-order valence-corrected chi connectivity index (χ0v) is 11.6. The summed E-state index contributed by atoms with van der Waals surface area (Å²) in [5.41, 5.74) is 5.27. The number of primary sulfonamides is 1. The van der Waals surface area contributed by atoms with E-state index >= 15 is 0 Å². The number of rotatable bonds is 4. The van der Waals surface area contributed by atoms with Crippen LogP contribution in [0, 0.1) is 0 Å². The van der Waals surface area contributed by atoms with Crippen molar-refractivity contribution in [2.75, 3.05) is 5.43 Å². The van der Waals surface area contributed by atoms with Gasteiger partial charge in [-0.05, 0) is 43.3 Å². The second-order valence-corrected chi connectivity index (χ2v) is 5.68. The molecule has 2 aromatic rings. The molecule has 0 atom stereocenters. The maximum atomic E-state index is 11.1. The number of sulfonamides is 1. The first-order chi connectivity index (χ1) is 9.47. The van der Waals surface area contributed by atoms with Crippen molar-refractivity contribution in [2.45, 2.75) is 11.8 Å². The van der Waals surface area contributed by atoms with Gasteiger partial charge in [0, 0.05) is 18.0 Å². The predicted octanol–water partition coefficient (Wildman–Crippen LogP) is 1.57. The molecule has 0 bridgehead atoms. The van der Waals surface area contributed by atoms with Crippen molar-refractivity contribution in [1.82, 2.24) is 4.98 Å². The topological polar surface area (TPSA) is 97.4 Å². The second kappa shape index (κ2) is 5.81. The van der Waals surface area contributed by atoms with Crippen molar-refractivity contribution in [1.29, 1.82) is 0 Å².